The summed E-state index contributed by atoms with van der Waals surface area (Å²) in [7, 11) is 0. The number of halogens is 2. The minimum absolute atomic E-state index is 0.0302. The average molecular weight is 336 g/mol. The standard InChI is InChI=1S/C16H14F2N2O4/c1-10(11-4-8-14(9-5-11)24-16(17)18)19-15(21)12-2-6-13(7-3-12)20(22)23/h2-10,16H,1H3,(H,19,21). The summed E-state index contributed by atoms with van der Waals surface area (Å²) in [5.74, 6) is -0.368. The van der Waals surface area contributed by atoms with E-state index >= 15 is 0 Å². The zero-order valence-electron chi connectivity index (χ0n) is 12.6. The molecule has 0 saturated heterocycles. The molecule has 0 saturated carbocycles. The Morgan fingerprint density at radius 3 is 2.21 bits per heavy atom. The molecule has 24 heavy (non-hydrogen) atoms. The number of nitro benzene ring substituents is 1. The molecule has 0 radical (unpaired) electrons. The van der Waals surface area contributed by atoms with Crippen molar-refractivity contribution in [2.24, 2.45) is 0 Å². The topological polar surface area (TPSA) is 81.5 Å². The Kier molecular flexibility index (Phi) is 5.41. The number of alkyl halides is 2. The minimum Gasteiger partial charge on any atom is -0.435 e. The largest absolute Gasteiger partial charge is 0.435 e. The molecule has 0 heterocycles. The van der Waals surface area contributed by atoms with Crippen LogP contribution in [-0.4, -0.2) is 17.4 Å². The first-order valence-electron chi connectivity index (χ1n) is 6.97. The third-order valence-electron chi connectivity index (χ3n) is 3.29. The number of hydrogen-bond acceptors (Lipinski definition) is 4. The molecular formula is C16H14F2N2O4. The van der Waals surface area contributed by atoms with Crippen molar-refractivity contribution in [1.29, 1.82) is 0 Å². The molecule has 0 bridgehead atoms. The Labute approximate surface area is 136 Å². The normalized spacial score (nSPS) is 11.8. The molecule has 1 unspecified atom stereocenters. The fourth-order valence-corrected chi connectivity index (χ4v) is 2.04. The number of ether oxygens (including phenoxy) is 1. The molecule has 1 amide bonds. The van der Waals surface area contributed by atoms with Gasteiger partial charge in [-0.05, 0) is 36.8 Å². The number of hydrogen-bond donors (Lipinski definition) is 1. The van der Waals surface area contributed by atoms with E-state index in [0.29, 0.717) is 5.56 Å². The van der Waals surface area contributed by atoms with Crippen molar-refractivity contribution >= 4 is 11.6 Å². The summed E-state index contributed by atoms with van der Waals surface area (Å²) >= 11 is 0. The van der Waals surface area contributed by atoms with Gasteiger partial charge in [0.1, 0.15) is 5.75 Å². The van der Waals surface area contributed by atoms with Gasteiger partial charge in [0.2, 0.25) is 0 Å². The summed E-state index contributed by atoms with van der Waals surface area (Å²) in [4.78, 5) is 22.2. The van der Waals surface area contributed by atoms with Crippen LogP contribution in [0.3, 0.4) is 0 Å². The van der Waals surface area contributed by atoms with E-state index in [-0.39, 0.29) is 23.0 Å². The van der Waals surface area contributed by atoms with Gasteiger partial charge in [-0.1, -0.05) is 12.1 Å². The van der Waals surface area contributed by atoms with Crippen LogP contribution >= 0.6 is 0 Å². The van der Waals surface area contributed by atoms with Crippen molar-refractivity contribution in [2.45, 2.75) is 19.6 Å². The molecule has 2 rings (SSSR count). The SMILES string of the molecule is CC(NC(=O)c1ccc([N+](=O)[O-])cc1)c1ccc(OC(F)F)cc1. The van der Waals surface area contributed by atoms with Gasteiger partial charge in [0.05, 0.1) is 11.0 Å². The number of carbonyl (C=O) groups is 1. The van der Waals surface area contributed by atoms with Crippen molar-refractivity contribution < 1.29 is 23.2 Å². The van der Waals surface area contributed by atoms with E-state index in [9.17, 15) is 23.7 Å². The molecule has 2 aromatic carbocycles. The Bertz CT molecular complexity index is 718. The van der Waals surface area contributed by atoms with Gasteiger partial charge in [0.25, 0.3) is 11.6 Å². The van der Waals surface area contributed by atoms with Gasteiger partial charge in [-0.2, -0.15) is 8.78 Å². The van der Waals surface area contributed by atoms with Crippen molar-refractivity contribution in [3.8, 4) is 5.75 Å². The summed E-state index contributed by atoms with van der Waals surface area (Å²) in [6.07, 6.45) is 0. The maximum Gasteiger partial charge on any atom is 0.387 e. The fraction of sp³-hybridized carbons (Fsp3) is 0.188. The van der Waals surface area contributed by atoms with Crippen LogP contribution < -0.4 is 10.1 Å². The van der Waals surface area contributed by atoms with Crippen molar-refractivity contribution in [1.82, 2.24) is 5.32 Å². The summed E-state index contributed by atoms with van der Waals surface area (Å²) in [6, 6.07) is 10.7. The molecule has 2 aromatic rings. The highest BCUT2D eigenvalue weighted by atomic mass is 19.3. The van der Waals surface area contributed by atoms with E-state index in [0.717, 1.165) is 0 Å². The molecule has 0 aliphatic carbocycles. The van der Waals surface area contributed by atoms with Gasteiger partial charge in [0, 0.05) is 17.7 Å². The first-order valence-corrected chi connectivity index (χ1v) is 6.97. The third-order valence-corrected chi connectivity index (χ3v) is 3.29. The van der Waals surface area contributed by atoms with E-state index in [1.54, 1.807) is 19.1 Å². The van der Waals surface area contributed by atoms with Crippen LogP contribution in [0.25, 0.3) is 0 Å². The Morgan fingerprint density at radius 2 is 1.71 bits per heavy atom. The Morgan fingerprint density at radius 1 is 1.12 bits per heavy atom. The van der Waals surface area contributed by atoms with Crippen LogP contribution in [0.15, 0.2) is 48.5 Å². The number of nitrogens with one attached hydrogen (secondary N) is 1. The molecule has 0 fully saturated rings. The molecule has 0 spiro atoms. The number of amides is 1. The van der Waals surface area contributed by atoms with Gasteiger partial charge in [-0.3, -0.25) is 14.9 Å². The van der Waals surface area contributed by atoms with Crippen molar-refractivity contribution in [3.05, 3.63) is 69.8 Å². The highest BCUT2D eigenvalue weighted by molar-refractivity contribution is 5.94. The Hall–Kier alpha value is -3.03. The van der Waals surface area contributed by atoms with Crippen molar-refractivity contribution in [2.75, 3.05) is 0 Å². The number of carbonyl (C=O) groups excluding carboxylic acids is 1. The zero-order chi connectivity index (χ0) is 17.7. The summed E-state index contributed by atoms with van der Waals surface area (Å²) in [5.41, 5.74) is 0.881. The summed E-state index contributed by atoms with van der Waals surface area (Å²) < 4.78 is 28.4. The zero-order valence-corrected chi connectivity index (χ0v) is 12.6. The maximum absolute atomic E-state index is 12.1. The number of non-ortho nitro benzene ring substituents is 1. The van der Waals surface area contributed by atoms with Crippen LogP contribution in [0.2, 0.25) is 0 Å². The second kappa shape index (κ2) is 7.49. The van der Waals surface area contributed by atoms with E-state index in [4.69, 9.17) is 0 Å². The van der Waals surface area contributed by atoms with Gasteiger partial charge in [-0.15, -0.1) is 0 Å². The lowest BCUT2D eigenvalue weighted by Crippen LogP contribution is -2.26. The maximum atomic E-state index is 12.1. The minimum atomic E-state index is -2.89. The Balaban J connectivity index is 2.01. The number of nitro groups is 1. The second-order valence-corrected chi connectivity index (χ2v) is 4.95. The lowest BCUT2D eigenvalue weighted by molar-refractivity contribution is -0.384. The average Bonchev–Trinajstić information content (AvgIpc) is 2.55. The molecule has 8 heteroatoms. The monoisotopic (exact) mass is 336 g/mol. The second-order valence-electron chi connectivity index (χ2n) is 4.95. The molecule has 0 aromatic heterocycles. The smallest absolute Gasteiger partial charge is 0.387 e. The van der Waals surface area contributed by atoms with Crippen LogP contribution in [-0.2, 0) is 0 Å². The van der Waals surface area contributed by atoms with E-state index in [1.807, 2.05) is 0 Å². The van der Waals surface area contributed by atoms with E-state index in [2.05, 4.69) is 10.1 Å². The van der Waals surface area contributed by atoms with Gasteiger partial charge in [0.15, 0.2) is 0 Å². The molecule has 1 atom stereocenters. The molecule has 0 aliphatic rings. The molecule has 126 valence electrons. The predicted octanol–water partition coefficient (Wildman–Crippen LogP) is 3.69. The van der Waals surface area contributed by atoms with Gasteiger partial charge < -0.3 is 10.1 Å². The summed E-state index contributed by atoms with van der Waals surface area (Å²) in [5, 5.41) is 13.3. The highest BCUT2D eigenvalue weighted by Gasteiger charge is 2.13. The van der Waals surface area contributed by atoms with Crippen LogP contribution in [0.4, 0.5) is 14.5 Å². The molecule has 6 nitrogen and oxygen atoms in total. The lowest BCUT2D eigenvalue weighted by atomic mass is 10.1. The number of rotatable bonds is 6. The third kappa shape index (κ3) is 4.48. The van der Waals surface area contributed by atoms with E-state index in [1.165, 1.54) is 36.4 Å². The summed E-state index contributed by atoms with van der Waals surface area (Å²) in [6.45, 7) is -1.16. The highest BCUT2D eigenvalue weighted by Crippen LogP contribution is 2.20. The fourth-order valence-electron chi connectivity index (χ4n) is 2.04. The van der Waals surface area contributed by atoms with Crippen LogP contribution in [0.5, 0.6) is 5.75 Å². The first kappa shape index (κ1) is 17.3. The van der Waals surface area contributed by atoms with Gasteiger partial charge in [-0.25, -0.2) is 0 Å². The van der Waals surface area contributed by atoms with E-state index < -0.39 is 17.4 Å². The molecular weight excluding hydrogens is 322 g/mol. The van der Waals surface area contributed by atoms with Crippen LogP contribution in [0.1, 0.15) is 28.9 Å². The number of nitrogens with zero attached hydrogens (tertiary/aromatic N) is 1. The van der Waals surface area contributed by atoms with Crippen LogP contribution in [0, 0.1) is 10.1 Å². The quantitative estimate of drug-likeness (QED) is 0.644. The lowest BCUT2D eigenvalue weighted by Gasteiger charge is -2.15. The molecule has 1 N–H and O–H groups in total. The van der Waals surface area contributed by atoms with Gasteiger partial charge >= 0.3 is 6.61 Å². The predicted molar refractivity (Wildman–Crippen MR) is 82.1 cm³/mol. The van der Waals surface area contributed by atoms with Crippen molar-refractivity contribution in [3.63, 3.8) is 0 Å². The molecule has 0 aliphatic heterocycles. The first-order chi connectivity index (χ1) is 11.4. The number of benzene rings is 2.